The van der Waals surface area contributed by atoms with Crippen LogP contribution in [0, 0.1) is 0 Å². The quantitative estimate of drug-likeness (QED) is 0.378. The third kappa shape index (κ3) is 3.41. The van der Waals surface area contributed by atoms with Crippen LogP contribution in [0.4, 0.5) is 0 Å². The minimum Gasteiger partial charge on any atom is -0.542 e. The first-order valence-electron chi connectivity index (χ1n) is 2.72. The van der Waals surface area contributed by atoms with Gasteiger partial charge in [-0.25, -0.2) is 0 Å². The van der Waals surface area contributed by atoms with Crippen LogP contribution in [0.25, 0.3) is 0 Å². The van der Waals surface area contributed by atoms with Crippen molar-refractivity contribution in [2.24, 2.45) is 0 Å². The molecule has 1 aliphatic rings. The van der Waals surface area contributed by atoms with Gasteiger partial charge in [0.1, 0.15) is 11.7 Å². The number of allylic oxidation sites excluding steroid dienone is 4. The second kappa shape index (κ2) is 5.18. The van der Waals surface area contributed by atoms with Gasteiger partial charge in [-0.05, 0) is 12.2 Å². The summed E-state index contributed by atoms with van der Waals surface area (Å²) in [5.74, 6) is -1.48. The Kier molecular flexibility index (Phi) is 4.94. The Hall–Kier alpha value is -0.510. The minimum absolute atomic E-state index is 0. The Balaban J connectivity index is 0.000001000. The summed E-state index contributed by atoms with van der Waals surface area (Å²) in [6.07, 6.45) is 7.43. The Morgan fingerprint density at radius 1 is 1.36 bits per heavy atom. The third-order valence-electron chi connectivity index (χ3n) is 0.945. The molecule has 0 unspecified atom stereocenters. The fourth-order valence-electron chi connectivity index (χ4n) is 0.520. The molecule has 0 N–H and O–H groups in total. The number of hydrogen-bond donors (Lipinski definition) is 0. The van der Waals surface area contributed by atoms with Crippen LogP contribution in [0.1, 0.15) is 0 Å². The van der Waals surface area contributed by atoms with Gasteiger partial charge in [-0.3, -0.25) is 0 Å². The van der Waals surface area contributed by atoms with Gasteiger partial charge in [-0.2, -0.15) is 0 Å². The molecule has 3 nitrogen and oxygen atoms in total. The standard InChI is InChI=1S/C7H6O3.Na/c8-7(9)6-4-2-1-3-5-10-6;/h1-5H,(H,8,9);/q;+1/p-1. The zero-order valence-corrected chi connectivity index (χ0v) is 8.11. The zero-order chi connectivity index (χ0) is 7.40. The van der Waals surface area contributed by atoms with E-state index in [1.807, 2.05) is 0 Å². The topological polar surface area (TPSA) is 49.4 Å². The second-order valence-electron chi connectivity index (χ2n) is 1.65. The first-order valence-corrected chi connectivity index (χ1v) is 2.72. The van der Waals surface area contributed by atoms with Gasteiger partial charge in [0.25, 0.3) is 0 Å². The van der Waals surface area contributed by atoms with E-state index >= 15 is 0 Å². The smallest absolute Gasteiger partial charge is 0.542 e. The number of ether oxygens (including phenoxy) is 1. The molecule has 0 spiro atoms. The SMILES string of the molecule is O=C([O-])C1=CC=CC=CO1.[Na+]. The summed E-state index contributed by atoms with van der Waals surface area (Å²) in [6.45, 7) is 0. The van der Waals surface area contributed by atoms with Crippen LogP contribution in [0.3, 0.4) is 0 Å². The van der Waals surface area contributed by atoms with E-state index < -0.39 is 5.97 Å². The molecule has 0 saturated carbocycles. The number of rotatable bonds is 1. The molecule has 0 atom stereocenters. The molecule has 4 heteroatoms. The first kappa shape index (κ1) is 10.5. The van der Waals surface area contributed by atoms with Gasteiger partial charge in [0.05, 0.1) is 6.26 Å². The van der Waals surface area contributed by atoms with Crippen molar-refractivity contribution in [3.63, 3.8) is 0 Å². The van der Waals surface area contributed by atoms with Gasteiger partial charge in [0.15, 0.2) is 0 Å². The predicted octanol–water partition coefficient (Wildman–Crippen LogP) is -3.28. The van der Waals surface area contributed by atoms with E-state index in [2.05, 4.69) is 4.74 Å². The average molecular weight is 160 g/mol. The summed E-state index contributed by atoms with van der Waals surface area (Å²) in [7, 11) is 0. The van der Waals surface area contributed by atoms with Crippen LogP contribution in [0.2, 0.25) is 0 Å². The molecule has 52 valence electrons. The van der Waals surface area contributed by atoms with Gasteiger partial charge < -0.3 is 14.6 Å². The maximum absolute atomic E-state index is 10.1. The molecule has 0 radical (unpaired) electrons. The normalized spacial score (nSPS) is 14.0. The van der Waals surface area contributed by atoms with Crippen molar-refractivity contribution < 1.29 is 44.2 Å². The van der Waals surface area contributed by atoms with Gasteiger partial charge >= 0.3 is 29.6 Å². The Morgan fingerprint density at radius 3 is 2.73 bits per heavy atom. The van der Waals surface area contributed by atoms with Crippen molar-refractivity contribution in [3.05, 3.63) is 36.3 Å². The van der Waals surface area contributed by atoms with Gasteiger partial charge in [0.2, 0.25) is 0 Å². The summed E-state index contributed by atoms with van der Waals surface area (Å²) >= 11 is 0. The maximum atomic E-state index is 10.1. The summed E-state index contributed by atoms with van der Waals surface area (Å²) < 4.78 is 4.62. The molecular formula is C7H5NaO3. The summed E-state index contributed by atoms with van der Waals surface area (Å²) in [5, 5.41) is 10.1. The van der Waals surface area contributed by atoms with Crippen LogP contribution < -0.4 is 34.7 Å². The van der Waals surface area contributed by atoms with Crippen LogP contribution in [-0.4, -0.2) is 5.97 Å². The maximum Gasteiger partial charge on any atom is 1.00 e. The zero-order valence-electron chi connectivity index (χ0n) is 6.11. The number of hydrogen-bond acceptors (Lipinski definition) is 3. The van der Waals surface area contributed by atoms with Gasteiger partial charge in [0, 0.05) is 0 Å². The third-order valence-corrected chi connectivity index (χ3v) is 0.945. The average Bonchev–Trinajstić information content (AvgIpc) is 2.12. The van der Waals surface area contributed by atoms with Gasteiger partial charge in [-0.15, -0.1) is 0 Å². The van der Waals surface area contributed by atoms with Crippen molar-refractivity contribution in [1.29, 1.82) is 0 Å². The van der Waals surface area contributed by atoms with Crippen molar-refractivity contribution in [2.75, 3.05) is 0 Å². The summed E-state index contributed by atoms with van der Waals surface area (Å²) in [6, 6.07) is 0. The van der Waals surface area contributed by atoms with E-state index in [0.717, 1.165) is 0 Å². The molecule has 0 fully saturated rings. The van der Waals surface area contributed by atoms with E-state index in [0.29, 0.717) is 0 Å². The van der Waals surface area contributed by atoms with Crippen molar-refractivity contribution in [2.45, 2.75) is 0 Å². The molecule has 0 bridgehead atoms. The van der Waals surface area contributed by atoms with E-state index in [1.165, 1.54) is 12.3 Å². The summed E-state index contributed by atoms with van der Waals surface area (Å²) in [4.78, 5) is 10.1. The van der Waals surface area contributed by atoms with Crippen molar-refractivity contribution >= 4 is 5.97 Å². The van der Waals surface area contributed by atoms with Crippen LogP contribution in [0.15, 0.2) is 36.3 Å². The van der Waals surface area contributed by atoms with E-state index in [1.54, 1.807) is 18.2 Å². The molecule has 11 heavy (non-hydrogen) atoms. The molecule has 1 heterocycles. The first-order chi connectivity index (χ1) is 4.80. The molecule has 0 aromatic rings. The van der Waals surface area contributed by atoms with Crippen LogP contribution >= 0.6 is 0 Å². The summed E-state index contributed by atoms with van der Waals surface area (Å²) in [5.41, 5.74) is 0. The molecule has 1 aliphatic heterocycles. The molecular weight excluding hydrogens is 155 g/mol. The fourth-order valence-corrected chi connectivity index (χ4v) is 0.520. The Bertz CT molecular complexity index is 228. The van der Waals surface area contributed by atoms with Crippen LogP contribution in [-0.2, 0) is 9.53 Å². The monoisotopic (exact) mass is 160 g/mol. The van der Waals surface area contributed by atoms with E-state index in [4.69, 9.17) is 0 Å². The number of carboxylic acid groups (broad SMARTS) is 1. The largest absolute Gasteiger partial charge is 1.00 e. The molecule has 0 aromatic heterocycles. The van der Waals surface area contributed by atoms with E-state index in [9.17, 15) is 9.90 Å². The fraction of sp³-hybridized carbons (Fsp3) is 0. The minimum atomic E-state index is -1.31. The van der Waals surface area contributed by atoms with Gasteiger partial charge in [-0.1, -0.05) is 12.2 Å². The van der Waals surface area contributed by atoms with E-state index in [-0.39, 0.29) is 35.3 Å². The molecule has 0 amide bonds. The van der Waals surface area contributed by atoms with Crippen molar-refractivity contribution in [3.8, 4) is 0 Å². The number of carboxylic acids is 1. The molecule has 0 aromatic carbocycles. The predicted molar refractivity (Wildman–Crippen MR) is 32.5 cm³/mol. The Morgan fingerprint density at radius 2 is 2.09 bits per heavy atom. The second-order valence-corrected chi connectivity index (χ2v) is 1.65. The number of carbonyl (C=O) groups is 1. The van der Waals surface area contributed by atoms with Crippen LogP contribution in [0.5, 0.6) is 0 Å². The van der Waals surface area contributed by atoms with Crippen molar-refractivity contribution in [1.82, 2.24) is 0 Å². The molecule has 1 rings (SSSR count). The number of aliphatic carboxylic acids is 1. The molecule has 0 saturated heterocycles. The molecule has 0 aliphatic carbocycles. The Labute approximate surface area is 86.3 Å². The number of carbonyl (C=O) groups excluding carboxylic acids is 1.